The first-order chi connectivity index (χ1) is 9.30. The summed E-state index contributed by atoms with van der Waals surface area (Å²) in [5.41, 5.74) is -0.626. The standard InChI is InChI=1S/C13H15F3N2O2/c1-18(10-6-17-7-11(10)19)12(20)8-2-4-9(5-3-8)13(14,15)16/h2-5,10-11,17,19H,6-7H2,1H3/t10-,11-/m0/s1. The lowest BCUT2D eigenvalue weighted by molar-refractivity contribution is -0.137. The van der Waals surface area contributed by atoms with Crippen LogP contribution in [-0.2, 0) is 6.18 Å². The van der Waals surface area contributed by atoms with Crippen molar-refractivity contribution >= 4 is 5.91 Å². The van der Waals surface area contributed by atoms with Crippen LogP contribution in [-0.4, -0.2) is 48.2 Å². The number of hydrogen-bond donors (Lipinski definition) is 2. The molecule has 0 radical (unpaired) electrons. The van der Waals surface area contributed by atoms with E-state index in [1.807, 2.05) is 0 Å². The maximum Gasteiger partial charge on any atom is 0.416 e. The van der Waals surface area contributed by atoms with Crippen molar-refractivity contribution in [3.8, 4) is 0 Å². The molecule has 0 aliphatic carbocycles. The number of aliphatic hydroxyl groups is 1. The maximum absolute atomic E-state index is 12.4. The first-order valence-electron chi connectivity index (χ1n) is 6.14. The van der Waals surface area contributed by atoms with Crippen molar-refractivity contribution in [2.45, 2.75) is 18.3 Å². The number of benzene rings is 1. The summed E-state index contributed by atoms with van der Waals surface area (Å²) in [5.74, 6) is -0.411. The number of β-amino-alcohol motifs (C(OH)–C–C–N with tert-alkyl or cyclic N) is 1. The molecule has 1 saturated heterocycles. The normalized spacial score (nSPS) is 22.9. The van der Waals surface area contributed by atoms with Crippen molar-refractivity contribution < 1.29 is 23.1 Å². The predicted molar refractivity (Wildman–Crippen MR) is 66.2 cm³/mol. The Morgan fingerprint density at radius 2 is 1.90 bits per heavy atom. The molecule has 1 aliphatic rings. The van der Waals surface area contributed by atoms with E-state index >= 15 is 0 Å². The van der Waals surface area contributed by atoms with Gasteiger partial charge < -0.3 is 15.3 Å². The van der Waals surface area contributed by atoms with Crippen LogP contribution in [0.3, 0.4) is 0 Å². The Morgan fingerprint density at radius 3 is 2.35 bits per heavy atom. The molecule has 0 spiro atoms. The third kappa shape index (κ3) is 2.94. The number of rotatable bonds is 2. The van der Waals surface area contributed by atoms with E-state index in [-0.39, 0.29) is 11.6 Å². The lowest BCUT2D eigenvalue weighted by Crippen LogP contribution is -2.44. The SMILES string of the molecule is CN(C(=O)c1ccc(C(F)(F)F)cc1)[C@H]1CNC[C@@H]1O. The number of nitrogens with one attached hydrogen (secondary N) is 1. The Balaban J connectivity index is 2.13. The summed E-state index contributed by atoms with van der Waals surface area (Å²) >= 11 is 0. The minimum absolute atomic E-state index is 0.166. The van der Waals surface area contributed by atoms with Gasteiger partial charge in [0, 0.05) is 25.7 Å². The summed E-state index contributed by atoms with van der Waals surface area (Å²) in [6, 6.07) is 3.69. The van der Waals surface area contributed by atoms with Crippen molar-refractivity contribution in [2.24, 2.45) is 0 Å². The summed E-state index contributed by atoms with van der Waals surface area (Å²) in [6.07, 6.45) is -5.09. The topological polar surface area (TPSA) is 52.6 Å². The van der Waals surface area contributed by atoms with E-state index < -0.39 is 23.8 Å². The molecule has 1 heterocycles. The second-order valence-electron chi connectivity index (χ2n) is 4.78. The van der Waals surface area contributed by atoms with Crippen LogP contribution in [0.5, 0.6) is 0 Å². The fourth-order valence-electron chi connectivity index (χ4n) is 2.20. The number of nitrogens with zero attached hydrogens (tertiary/aromatic N) is 1. The molecule has 1 amide bonds. The number of amides is 1. The van der Waals surface area contributed by atoms with Gasteiger partial charge in [-0.2, -0.15) is 13.2 Å². The van der Waals surface area contributed by atoms with E-state index in [2.05, 4.69) is 5.32 Å². The first-order valence-corrected chi connectivity index (χ1v) is 6.14. The van der Waals surface area contributed by atoms with Crippen molar-refractivity contribution in [2.75, 3.05) is 20.1 Å². The molecule has 1 aliphatic heterocycles. The number of aliphatic hydroxyl groups excluding tert-OH is 1. The Hall–Kier alpha value is -1.60. The van der Waals surface area contributed by atoms with Crippen LogP contribution in [0.4, 0.5) is 13.2 Å². The van der Waals surface area contributed by atoms with Crippen molar-refractivity contribution in [3.63, 3.8) is 0 Å². The van der Waals surface area contributed by atoms with Crippen LogP contribution in [0.15, 0.2) is 24.3 Å². The van der Waals surface area contributed by atoms with E-state index in [1.54, 1.807) is 0 Å². The highest BCUT2D eigenvalue weighted by molar-refractivity contribution is 5.94. The Kier molecular flexibility index (Phi) is 4.01. The molecule has 0 saturated carbocycles. The molecule has 1 fully saturated rings. The Labute approximate surface area is 114 Å². The molecule has 0 unspecified atom stereocenters. The van der Waals surface area contributed by atoms with Gasteiger partial charge in [0.1, 0.15) is 0 Å². The number of halogens is 3. The molecule has 2 N–H and O–H groups in total. The predicted octanol–water partition coefficient (Wildman–Crippen LogP) is 1.11. The second kappa shape index (κ2) is 5.41. The van der Waals surface area contributed by atoms with Gasteiger partial charge in [0.25, 0.3) is 5.91 Å². The third-order valence-corrected chi connectivity index (χ3v) is 3.43. The van der Waals surface area contributed by atoms with Crippen LogP contribution in [0.1, 0.15) is 15.9 Å². The fourth-order valence-corrected chi connectivity index (χ4v) is 2.20. The molecule has 0 bridgehead atoms. The van der Waals surface area contributed by atoms with Crippen molar-refractivity contribution in [1.82, 2.24) is 10.2 Å². The smallest absolute Gasteiger partial charge is 0.390 e. The maximum atomic E-state index is 12.4. The van der Waals surface area contributed by atoms with Gasteiger partial charge in [0.15, 0.2) is 0 Å². The van der Waals surface area contributed by atoms with E-state index in [9.17, 15) is 23.1 Å². The number of carbonyl (C=O) groups excluding carboxylic acids is 1. The van der Waals surface area contributed by atoms with Crippen LogP contribution in [0.2, 0.25) is 0 Å². The summed E-state index contributed by atoms with van der Waals surface area (Å²) in [7, 11) is 1.53. The minimum Gasteiger partial charge on any atom is -0.390 e. The number of likely N-dealkylation sites (N-methyl/N-ethyl adjacent to an activating group) is 1. The van der Waals surface area contributed by atoms with Gasteiger partial charge in [-0.3, -0.25) is 4.79 Å². The van der Waals surface area contributed by atoms with E-state index in [0.29, 0.717) is 13.1 Å². The summed E-state index contributed by atoms with van der Waals surface area (Å²) in [4.78, 5) is 13.5. The van der Waals surface area contributed by atoms with Crippen LogP contribution in [0.25, 0.3) is 0 Å². The highest BCUT2D eigenvalue weighted by Gasteiger charge is 2.33. The van der Waals surface area contributed by atoms with E-state index in [0.717, 1.165) is 24.3 Å². The monoisotopic (exact) mass is 288 g/mol. The molecule has 110 valence electrons. The summed E-state index contributed by atoms with van der Waals surface area (Å²) in [5, 5.41) is 12.6. The lowest BCUT2D eigenvalue weighted by Gasteiger charge is -2.26. The van der Waals surface area contributed by atoms with E-state index in [4.69, 9.17) is 0 Å². The third-order valence-electron chi connectivity index (χ3n) is 3.43. The molecule has 7 heteroatoms. The number of hydrogen-bond acceptors (Lipinski definition) is 3. The van der Waals surface area contributed by atoms with Crippen molar-refractivity contribution in [3.05, 3.63) is 35.4 Å². The minimum atomic E-state index is -4.42. The summed E-state index contributed by atoms with van der Waals surface area (Å²) in [6.45, 7) is 0.860. The molecule has 1 aromatic rings. The average molecular weight is 288 g/mol. The molecular formula is C13H15F3N2O2. The van der Waals surface area contributed by atoms with Crippen molar-refractivity contribution in [1.29, 1.82) is 0 Å². The number of carbonyl (C=O) groups is 1. The van der Waals surface area contributed by atoms with Gasteiger partial charge in [0.05, 0.1) is 17.7 Å². The first kappa shape index (κ1) is 14.8. The van der Waals surface area contributed by atoms with Crippen LogP contribution in [0, 0.1) is 0 Å². The molecule has 1 aromatic carbocycles. The van der Waals surface area contributed by atoms with Crippen LogP contribution < -0.4 is 5.32 Å². The molecule has 20 heavy (non-hydrogen) atoms. The quantitative estimate of drug-likeness (QED) is 0.857. The van der Waals surface area contributed by atoms with Gasteiger partial charge in [-0.05, 0) is 24.3 Å². The second-order valence-corrected chi connectivity index (χ2v) is 4.78. The van der Waals surface area contributed by atoms with Gasteiger partial charge in [-0.1, -0.05) is 0 Å². The molecule has 2 atom stereocenters. The Bertz CT molecular complexity index is 487. The van der Waals surface area contributed by atoms with Gasteiger partial charge in [-0.25, -0.2) is 0 Å². The van der Waals surface area contributed by atoms with Gasteiger partial charge in [-0.15, -0.1) is 0 Å². The molecule has 4 nitrogen and oxygen atoms in total. The van der Waals surface area contributed by atoms with Gasteiger partial charge >= 0.3 is 6.18 Å². The largest absolute Gasteiger partial charge is 0.416 e. The number of alkyl halides is 3. The zero-order valence-electron chi connectivity index (χ0n) is 10.8. The van der Waals surface area contributed by atoms with Crippen LogP contribution >= 0.6 is 0 Å². The lowest BCUT2D eigenvalue weighted by atomic mass is 10.1. The molecule has 0 aromatic heterocycles. The van der Waals surface area contributed by atoms with Gasteiger partial charge in [0.2, 0.25) is 0 Å². The Morgan fingerprint density at radius 1 is 1.30 bits per heavy atom. The molecule has 2 rings (SSSR count). The molecular weight excluding hydrogens is 273 g/mol. The highest BCUT2D eigenvalue weighted by Crippen LogP contribution is 2.29. The summed E-state index contributed by atoms with van der Waals surface area (Å²) < 4.78 is 37.3. The zero-order chi connectivity index (χ0) is 14.9. The average Bonchev–Trinajstić information content (AvgIpc) is 2.82. The fraction of sp³-hybridized carbons (Fsp3) is 0.462. The highest BCUT2D eigenvalue weighted by atomic mass is 19.4. The zero-order valence-corrected chi connectivity index (χ0v) is 10.8. The van der Waals surface area contributed by atoms with E-state index in [1.165, 1.54) is 11.9 Å².